The molecule has 6 bridgehead atoms. The van der Waals surface area contributed by atoms with Crippen LogP contribution in [-0.4, -0.2) is 118 Å². The van der Waals surface area contributed by atoms with Crippen LogP contribution in [0.1, 0.15) is 95.0 Å². The van der Waals surface area contributed by atoms with Crippen molar-refractivity contribution in [1.29, 1.82) is 0 Å². The number of ether oxygens (including phenoxy) is 2. The molecule has 1 unspecified atom stereocenters. The normalized spacial score (nSPS) is 22.4. The Balaban J connectivity index is 1.17. The molecule has 6 heterocycles. The number of nitrogens with zero attached hydrogens (tertiary/aromatic N) is 6. The first-order chi connectivity index (χ1) is 31.7. The van der Waals surface area contributed by atoms with Gasteiger partial charge in [0.1, 0.15) is 12.1 Å². The standard InChI is InChI=1S/C50H63N7O8S/c1-8-42(58)55-23-20-33(27-55)47(60)54(6)44(31-14-10-11-15-31)46(59)53-37-25-41-52-38(28-66-41)32-18-19-39-35(24-32)36(45(56(39)9-2)34-16-12-21-51-43(34)30(3)63-7)26-50(4,5)29-64-49(62)40-17-13-22-57(65-40)48(37)61/h8,12,16,18-19,21,24,28,30-31,33,37,40,44H,1,9-11,13-15,17,20,22-23,25-27,29H2,2-7H3,(H,53,59)/t30-,33?,37-,40-,44-/m0/s1. The zero-order valence-corrected chi connectivity index (χ0v) is 39.9. The molecule has 1 N–H and O–H groups in total. The fourth-order valence-corrected chi connectivity index (χ4v) is 11.2. The molecular formula is C50H63N7O8S. The molecule has 2 saturated heterocycles. The smallest absolute Gasteiger partial charge is 0.338 e. The minimum absolute atomic E-state index is 0.0556. The van der Waals surface area contributed by atoms with Crippen molar-refractivity contribution in [2.24, 2.45) is 17.3 Å². The topological polar surface area (TPSA) is 166 Å². The molecule has 0 spiro atoms. The van der Waals surface area contributed by atoms with Crippen LogP contribution in [0.3, 0.4) is 0 Å². The van der Waals surface area contributed by atoms with Gasteiger partial charge in [-0.3, -0.25) is 29.0 Å². The number of benzene rings is 1. The number of hydroxylamine groups is 2. The zero-order chi connectivity index (χ0) is 46.9. The monoisotopic (exact) mass is 921 g/mol. The van der Waals surface area contributed by atoms with E-state index in [9.17, 15) is 24.0 Å². The highest BCUT2D eigenvalue weighted by atomic mass is 32.1. The van der Waals surface area contributed by atoms with E-state index >= 15 is 0 Å². The number of aryl methyl sites for hydroxylation is 1. The van der Waals surface area contributed by atoms with Gasteiger partial charge in [0.25, 0.3) is 5.91 Å². The van der Waals surface area contributed by atoms with Crippen LogP contribution < -0.4 is 5.32 Å². The van der Waals surface area contributed by atoms with Gasteiger partial charge in [-0.2, -0.15) is 0 Å². The number of likely N-dealkylation sites (N-methyl/N-ethyl adjacent to an activating group) is 1. The van der Waals surface area contributed by atoms with E-state index in [1.54, 1.807) is 25.3 Å². The van der Waals surface area contributed by atoms with Gasteiger partial charge in [-0.1, -0.05) is 39.3 Å². The number of esters is 1. The van der Waals surface area contributed by atoms with E-state index in [1.807, 2.05) is 18.4 Å². The maximum absolute atomic E-state index is 14.7. The Kier molecular flexibility index (Phi) is 14.1. The van der Waals surface area contributed by atoms with Crippen molar-refractivity contribution in [1.82, 2.24) is 34.7 Å². The number of hydrogen-bond donors (Lipinski definition) is 1. The molecule has 15 nitrogen and oxygen atoms in total. The van der Waals surface area contributed by atoms with Crippen molar-refractivity contribution < 1.29 is 38.3 Å². The van der Waals surface area contributed by atoms with E-state index in [-0.39, 0.29) is 50.0 Å². The summed E-state index contributed by atoms with van der Waals surface area (Å²) in [4.78, 5) is 89.0. The van der Waals surface area contributed by atoms with Gasteiger partial charge < -0.3 is 29.2 Å². The molecule has 0 radical (unpaired) electrons. The highest BCUT2D eigenvalue weighted by Gasteiger charge is 2.43. The number of hydrogen-bond acceptors (Lipinski definition) is 11. The van der Waals surface area contributed by atoms with Crippen LogP contribution in [0.25, 0.3) is 33.4 Å². The number of methoxy groups -OCH3 is 1. The maximum Gasteiger partial charge on any atom is 0.338 e. The van der Waals surface area contributed by atoms with E-state index in [4.69, 9.17) is 24.3 Å². The number of amides is 4. The van der Waals surface area contributed by atoms with Crippen LogP contribution in [0.15, 0.2) is 54.6 Å². The van der Waals surface area contributed by atoms with E-state index in [1.165, 1.54) is 27.4 Å². The molecule has 4 amide bonds. The van der Waals surface area contributed by atoms with Crippen LogP contribution in [0.5, 0.6) is 0 Å². The fourth-order valence-electron chi connectivity index (χ4n) is 10.4. The number of carbonyl (C=O) groups is 5. The number of rotatable bonds is 10. The molecule has 1 aliphatic carbocycles. The molecule has 3 aliphatic heterocycles. The number of cyclic esters (lactones) is 1. The quantitative estimate of drug-likeness (QED) is 0.134. The summed E-state index contributed by atoms with van der Waals surface area (Å²) in [6.45, 7) is 13.6. The van der Waals surface area contributed by atoms with E-state index in [0.29, 0.717) is 43.8 Å². The Morgan fingerprint density at radius 1 is 1.11 bits per heavy atom. The Hall–Kier alpha value is -5.45. The molecule has 66 heavy (non-hydrogen) atoms. The lowest BCUT2D eigenvalue weighted by molar-refractivity contribution is -0.231. The second kappa shape index (κ2) is 19.8. The lowest BCUT2D eigenvalue weighted by atomic mass is 9.84. The maximum atomic E-state index is 14.7. The third-order valence-electron chi connectivity index (χ3n) is 13.9. The van der Waals surface area contributed by atoms with Crippen LogP contribution in [0.4, 0.5) is 0 Å². The summed E-state index contributed by atoms with van der Waals surface area (Å²) in [5.41, 5.74) is 6.05. The van der Waals surface area contributed by atoms with Gasteiger partial charge in [0.15, 0.2) is 6.10 Å². The molecule has 4 aliphatic rings. The summed E-state index contributed by atoms with van der Waals surface area (Å²) in [6, 6.07) is 8.43. The molecule has 1 saturated carbocycles. The third-order valence-corrected chi connectivity index (χ3v) is 14.8. The third kappa shape index (κ3) is 9.54. The van der Waals surface area contributed by atoms with E-state index in [0.717, 1.165) is 70.4 Å². The Labute approximate surface area is 390 Å². The van der Waals surface area contributed by atoms with Gasteiger partial charge in [-0.25, -0.2) is 14.8 Å². The second-order valence-corrected chi connectivity index (χ2v) is 20.0. The van der Waals surface area contributed by atoms with Crippen LogP contribution >= 0.6 is 11.3 Å². The fraction of sp³-hybridized carbons (Fsp3) is 0.540. The van der Waals surface area contributed by atoms with Crippen molar-refractivity contribution in [3.05, 3.63) is 70.8 Å². The molecule has 1 aromatic carbocycles. The van der Waals surface area contributed by atoms with E-state index in [2.05, 4.69) is 61.5 Å². The summed E-state index contributed by atoms with van der Waals surface area (Å²) >= 11 is 1.40. The largest absolute Gasteiger partial charge is 0.463 e. The summed E-state index contributed by atoms with van der Waals surface area (Å²) in [6.07, 6.45) is 7.08. The van der Waals surface area contributed by atoms with Gasteiger partial charge in [-0.15, -0.1) is 11.3 Å². The highest BCUT2D eigenvalue weighted by molar-refractivity contribution is 7.10. The zero-order valence-electron chi connectivity index (χ0n) is 39.0. The number of aromatic nitrogens is 3. The molecule has 8 rings (SSSR count). The first kappa shape index (κ1) is 47.1. The Bertz CT molecular complexity index is 2490. The lowest BCUT2D eigenvalue weighted by Crippen LogP contribution is -2.58. The summed E-state index contributed by atoms with van der Waals surface area (Å²) < 4.78 is 14.2. The minimum Gasteiger partial charge on any atom is -0.463 e. The van der Waals surface area contributed by atoms with Crippen molar-refractivity contribution in [2.75, 3.05) is 40.4 Å². The summed E-state index contributed by atoms with van der Waals surface area (Å²) in [5.74, 6) is -2.51. The van der Waals surface area contributed by atoms with Crippen molar-refractivity contribution in [3.8, 4) is 22.5 Å². The second-order valence-electron chi connectivity index (χ2n) is 19.0. The van der Waals surface area contributed by atoms with Crippen LogP contribution in [-0.2, 0) is 57.7 Å². The highest BCUT2D eigenvalue weighted by Crippen LogP contribution is 2.42. The summed E-state index contributed by atoms with van der Waals surface area (Å²) in [7, 11) is 3.34. The van der Waals surface area contributed by atoms with Crippen molar-refractivity contribution >= 4 is 51.8 Å². The SMILES string of the molecule is C=CC(=O)N1CCC(C(=O)N(C)[C@H](C(=O)N[C@H]2Cc3nc(cs3)-c3ccc4c(c3)c(c(-c3cccnc3[C@H](C)OC)n4CC)CC(C)(C)COC(=O)[C@@H]3CCCN(O3)C2=O)C2CCCC2)C1. The predicted octanol–water partition coefficient (Wildman–Crippen LogP) is 6.68. The lowest BCUT2D eigenvalue weighted by Gasteiger charge is -2.36. The number of pyridine rings is 1. The molecule has 3 fully saturated rings. The van der Waals surface area contributed by atoms with Crippen molar-refractivity contribution in [2.45, 2.75) is 116 Å². The van der Waals surface area contributed by atoms with Gasteiger partial charge in [0, 0.05) is 85.8 Å². The number of nitrogens with one attached hydrogen (secondary N) is 1. The minimum atomic E-state index is -1.12. The van der Waals surface area contributed by atoms with Gasteiger partial charge in [0.2, 0.25) is 17.7 Å². The first-order valence-electron chi connectivity index (χ1n) is 23.4. The van der Waals surface area contributed by atoms with E-state index < -0.39 is 47.3 Å². The average Bonchev–Trinajstić information content (AvgIpc) is 4.17. The number of likely N-dealkylation sites (tertiary alicyclic amines) is 1. The molecule has 3 aromatic heterocycles. The molecule has 352 valence electrons. The molecule has 16 heteroatoms. The van der Waals surface area contributed by atoms with Crippen molar-refractivity contribution in [3.63, 3.8) is 0 Å². The Morgan fingerprint density at radius 3 is 2.64 bits per heavy atom. The number of fused-ring (bicyclic) bond motifs is 6. The molecule has 5 atom stereocenters. The average molecular weight is 922 g/mol. The van der Waals surface area contributed by atoms with Crippen LogP contribution in [0.2, 0.25) is 0 Å². The van der Waals surface area contributed by atoms with Gasteiger partial charge in [0.05, 0.1) is 40.7 Å². The molecule has 4 aromatic rings. The molecular weight excluding hydrogens is 859 g/mol. The number of carbonyl (C=O) groups excluding carboxylic acids is 5. The predicted molar refractivity (Wildman–Crippen MR) is 251 cm³/mol. The van der Waals surface area contributed by atoms with Crippen LogP contribution in [0, 0.1) is 17.3 Å². The number of thiazole rings is 1. The van der Waals surface area contributed by atoms with Gasteiger partial charge >= 0.3 is 5.97 Å². The van der Waals surface area contributed by atoms with Gasteiger partial charge in [-0.05, 0) is 94.2 Å². The first-order valence-corrected chi connectivity index (χ1v) is 24.3. The summed E-state index contributed by atoms with van der Waals surface area (Å²) in [5, 5.41) is 7.91. The Morgan fingerprint density at radius 2 is 1.89 bits per heavy atom.